The first kappa shape index (κ1) is 51.2. The lowest BCUT2D eigenvalue weighted by Gasteiger charge is -2.32. The minimum atomic E-state index is -1.17. The third-order valence-electron chi connectivity index (χ3n) is 11.2. The maximum atomic E-state index is 13.2. The zero-order chi connectivity index (χ0) is 50.4. The van der Waals surface area contributed by atoms with Crippen molar-refractivity contribution in [3.05, 3.63) is 164 Å². The van der Waals surface area contributed by atoms with Gasteiger partial charge in [0.15, 0.2) is 0 Å². The third kappa shape index (κ3) is 13.7. The number of non-ortho nitro benzene ring substituents is 2. The Kier molecular flexibility index (Phi) is 17.0. The fraction of sp³-hybridized carbons (Fsp3) is 0.286. The van der Waals surface area contributed by atoms with E-state index in [1.807, 2.05) is 75.9 Å². The molecule has 5 aromatic carbocycles. The monoisotopic (exact) mass is 959 g/mol. The molecule has 1 heterocycles. The summed E-state index contributed by atoms with van der Waals surface area (Å²) >= 11 is 0. The fourth-order valence-corrected chi connectivity index (χ4v) is 6.67. The van der Waals surface area contributed by atoms with Crippen LogP contribution in [0.4, 0.5) is 38.0 Å². The largest absolute Gasteiger partial charge is 0.514 e. The van der Waals surface area contributed by atoms with E-state index in [0.717, 1.165) is 23.3 Å². The second-order valence-electron chi connectivity index (χ2n) is 16.5. The molecule has 0 saturated carbocycles. The number of carbonyl (C=O) groups excluding carboxylic acids is 3. The summed E-state index contributed by atoms with van der Waals surface area (Å²) in [4.78, 5) is 62.1. The summed E-state index contributed by atoms with van der Waals surface area (Å²) in [6, 6.07) is 27.8. The number of hydrogen-bond donors (Lipinski definition) is 0. The van der Waals surface area contributed by atoms with Gasteiger partial charge >= 0.3 is 25.4 Å². The molecule has 21 heteroatoms. The van der Waals surface area contributed by atoms with Crippen LogP contribution in [0.1, 0.15) is 61.7 Å². The molecule has 0 amide bonds. The van der Waals surface area contributed by atoms with Gasteiger partial charge in [-0.15, -0.1) is 0 Å². The first-order chi connectivity index (χ1) is 33.4. The van der Waals surface area contributed by atoms with Crippen molar-refractivity contribution < 1.29 is 62.0 Å². The Bertz CT molecular complexity index is 2680. The van der Waals surface area contributed by atoms with Crippen LogP contribution in [0.15, 0.2) is 132 Å². The molecule has 6 rings (SSSR count). The van der Waals surface area contributed by atoms with E-state index in [9.17, 15) is 34.6 Å². The van der Waals surface area contributed by atoms with Crippen LogP contribution in [0.5, 0.6) is 11.5 Å². The van der Waals surface area contributed by atoms with Crippen LogP contribution in [0.3, 0.4) is 0 Å². The topological polar surface area (TPSA) is 239 Å². The summed E-state index contributed by atoms with van der Waals surface area (Å²) in [6.45, 7) is 13.1. The Balaban J connectivity index is 1.15. The Labute approximate surface area is 403 Å². The number of anilines is 1. The van der Waals surface area contributed by atoms with Gasteiger partial charge in [-0.25, -0.2) is 14.4 Å². The Morgan fingerprint density at radius 1 is 0.714 bits per heavy atom. The molecular formula is C49H50BN5O15. The maximum Gasteiger partial charge on any atom is 0.514 e. The Hall–Kier alpha value is -8.17. The van der Waals surface area contributed by atoms with Crippen LogP contribution in [-0.4, -0.2) is 72.8 Å². The first-order valence-corrected chi connectivity index (χ1v) is 21.9. The average molecular weight is 960 g/mol. The van der Waals surface area contributed by atoms with Crippen molar-refractivity contribution in [1.29, 1.82) is 0 Å². The van der Waals surface area contributed by atoms with Crippen molar-refractivity contribution in [2.75, 3.05) is 31.2 Å². The molecule has 5 aromatic rings. The number of likely N-dealkylation sites (N-methyl/N-ethyl adjacent to an activating group) is 1. The lowest BCUT2D eigenvalue weighted by Crippen LogP contribution is -2.41. The van der Waals surface area contributed by atoms with Gasteiger partial charge in [0.1, 0.15) is 44.5 Å². The van der Waals surface area contributed by atoms with E-state index in [2.05, 4.69) is 16.8 Å². The number of nitro benzene ring substituents is 2. The second-order valence-corrected chi connectivity index (χ2v) is 16.5. The van der Waals surface area contributed by atoms with Crippen molar-refractivity contribution in [1.82, 2.24) is 0 Å². The van der Waals surface area contributed by atoms with Crippen LogP contribution >= 0.6 is 0 Å². The van der Waals surface area contributed by atoms with Gasteiger partial charge in [0.25, 0.3) is 11.4 Å². The summed E-state index contributed by atoms with van der Waals surface area (Å²) in [5.74, 6) is -0.672. The molecule has 0 aromatic heterocycles. The molecule has 1 saturated heterocycles. The summed E-state index contributed by atoms with van der Waals surface area (Å²) in [5, 5.41) is 30.4. The molecule has 0 spiro atoms. The van der Waals surface area contributed by atoms with Crippen molar-refractivity contribution in [2.45, 2.75) is 65.6 Å². The van der Waals surface area contributed by atoms with Crippen LogP contribution in [0.2, 0.25) is 0 Å². The lowest BCUT2D eigenvalue weighted by molar-refractivity contribution is -0.385. The number of nitrogens with zero attached hydrogens (tertiary/aromatic N) is 5. The normalized spacial score (nSPS) is 13.5. The molecule has 364 valence electrons. The fourth-order valence-electron chi connectivity index (χ4n) is 6.67. The van der Waals surface area contributed by atoms with Crippen molar-refractivity contribution in [3.63, 3.8) is 0 Å². The molecule has 70 heavy (non-hydrogen) atoms. The quantitative estimate of drug-likeness (QED) is 0.00971. The molecular weight excluding hydrogens is 909 g/mol. The van der Waals surface area contributed by atoms with Gasteiger partial charge < -0.3 is 42.6 Å². The molecule has 0 N–H and O–H groups in total. The van der Waals surface area contributed by atoms with E-state index in [4.69, 9.17) is 37.7 Å². The smallest absolute Gasteiger partial charge is 0.488 e. The van der Waals surface area contributed by atoms with E-state index in [1.54, 1.807) is 12.1 Å². The SMILES string of the molecule is C=CCOC(=O)c1cc(COC(=O)OCCN(CC)c2ccc(N=Nc3ccc([N+](=O)[O-])cc3)cc2)c(OCc2ccc(B3OC(C)(C)C(C)(C)O3)cc2)c(COC(=O)Oc2ccc([N+](=O)[O-])cc2)c1. The molecule has 0 atom stereocenters. The van der Waals surface area contributed by atoms with E-state index in [-0.39, 0.29) is 59.4 Å². The van der Waals surface area contributed by atoms with Crippen molar-refractivity contribution in [2.24, 2.45) is 10.2 Å². The van der Waals surface area contributed by atoms with Crippen molar-refractivity contribution >= 4 is 59.3 Å². The molecule has 0 aliphatic carbocycles. The molecule has 1 fully saturated rings. The van der Waals surface area contributed by atoms with Gasteiger partial charge in [0.2, 0.25) is 0 Å². The minimum absolute atomic E-state index is 0.00712. The first-order valence-electron chi connectivity index (χ1n) is 21.9. The van der Waals surface area contributed by atoms with Gasteiger partial charge in [-0.3, -0.25) is 20.2 Å². The highest BCUT2D eigenvalue weighted by Crippen LogP contribution is 2.37. The Morgan fingerprint density at radius 2 is 1.24 bits per heavy atom. The highest BCUT2D eigenvalue weighted by atomic mass is 16.7. The maximum absolute atomic E-state index is 13.2. The Morgan fingerprint density at radius 3 is 1.77 bits per heavy atom. The molecule has 1 aliphatic rings. The molecule has 0 bridgehead atoms. The summed E-state index contributed by atoms with van der Waals surface area (Å²) < 4.78 is 45.7. The van der Waals surface area contributed by atoms with E-state index in [0.29, 0.717) is 30.0 Å². The van der Waals surface area contributed by atoms with Gasteiger partial charge in [0, 0.05) is 47.6 Å². The van der Waals surface area contributed by atoms with Gasteiger partial charge in [0.05, 0.1) is 44.5 Å². The zero-order valence-electron chi connectivity index (χ0n) is 39.1. The van der Waals surface area contributed by atoms with E-state index < -0.39 is 59.7 Å². The lowest BCUT2D eigenvalue weighted by atomic mass is 9.79. The summed E-state index contributed by atoms with van der Waals surface area (Å²) in [6.07, 6.45) is -0.799. The molecule has 1 aliphatic heterocycles. The van der Waals surface area contributed by atoms with Gasteiger partial charge in [-0.05, 0) is 106 Å². The number of azo groups is 1. The number of hydrogen-bond acceptors (Lipinski definition) is 18. The highest BCUT2D eigenvalue weighted by molar-refractivity contribution is 6.62. The average Bonchev–Trinajstić information content (AvgIpc) is 3.57. The van der Waals surface area contributed by atoms with Crippen LogP contribution in [0, 0.1) is 20.2 Å². The number of esters is 1. The number of rotatable bonds is 21. The van der Waals surface area contributed by atoms with E-state index >= 15 is 0 Å². The standard InChI is InChI=1S/C49H50BN5O15/c1-7-26-63-45(56)34-28-35(31-66-46(57)64-27-25-53(8-2)40-17-13-38(14-18-40)51-52-39-15-19-41(20-16-39)54(59)60)44(36(29-34)32-67-47(58)68-43-23-21-42(22-24-43)55(61)62)65-30-33-9-11-37(12-10-33)50-69-48(3,4)49(5,6)70-50/h7,9-24,28-29H,1,8,25-27,30-32H2,2-6H3. The van der Waals surface area contributed by atoms with Gasteiger partial charge in [-0.2, -0.15) is 10.2 Å². The van der Waals surface area contributed by atoms with Crippen molar-refractivity contribution in [3.8, 4) is 11.5 Å². The second kappa shape index (κ2) is 23.2. The third-order valence-corrected chi connectivity index (χ3v) is 11.2. The van der Waals surface area contributed by atoms with Crippen LogP contribution in [0.25, 0.3) is 0 Å². The number of nitro groups is 2. The minimum Gasteiger partial charge on any atom is -0.488 e. The molecule has 20 nitrogen and oxygen atoms in total. The van der Waals surface area contributed by atoms with Crippen LogP contribution < -0.4 is 19.8 Å². The number of carbonyl (C=O) groups is 3. The zero-order valence-corrected chi connectivity index (χ0v) is 39.1. The predicted octanol–water partition coefficient (Wildman–Crippen LogP) is 10.0. The van der Waals surface area contributed by atoms with E-state index in [1.165, 1.54) is 54.6 Å². The highest BCUT2D eigenvalue weighted by Gasteiger charge is 2.51. The summed E-state index contributed by atoms with van der Waals surface area (Å²) in [5.41, 5.74) is 2.35. The molecule has 0 radical (unpaired) electrons. The number of benzene rings is 5. The van der Waals surface area contributed by atoms with Gasteiger partial charge in [-0.1, -0.05) is 36.9 Å². The molecule has 0 unspecified atom stereocenters. The summed E-state index contributed by atoms with van der Waals surface area (Å²) in [7, 11) is -0.592. The van der Waals surface area contributed by atoms with Crippen LogP contribution in [-0.2, 0) is 48.1 Å². The number of ether oxygens (including phenoxy) is 6. The predicted molar refractivity (Wildman–Crippen MR) is 255 cm³/mol.